The topological polar surface area (TPSA) is 64.6 Å². The first-order valence-corrected chi connectivity index (χ1v) is 6.83. The van der Waals surface area contributed by atoms with Gasteiger partial charge in [-0.05, 0) is 30.3 Å². The van der Waals surface area contributed by atoms with Crippen molar-refractivity contribution in [2.75, 3.05) is 19.0 Å². The molecule has 2 aromatic carbocycles. The van der Waals surface area contributed by atoms with E-state index in [1.165, 1.54) is 7.11 Å². The fraction of sp³-hybridized carbons (Fsp3) is 0.125. The first-order chi connectivity index (χ1) is 10.6. The van der Waals surface area contributed by atoms with Crippen molar-refractivity contribution >= 4 is 29.2 Å². The number of benzene rings is 2. The smallest absolute Gasteiger partial charge is 0.341 e. The molecule has 0 atom stereocenters. The van der Waals surface area contributed by atoms with Crippen LogP contribution in [0.2, 0.25) is 5.02 Å². The van der Waals surface area contributed by atoms with Gasteiger partial charge in [0.15, 0.2) is 6.61 Å². The molecule has 5 nitrogen and oxygen atoms in total. The number of hydrogen-bond donors (Lipinski definition) is 1. The highest BCUT2D eigenvalue weighted by molar-refractivity contribution is 6.30. The number of rotatable bonds is 5. The Morgan fingerprint density at radius 1 is 1.14 bits per heavy atom. The van der Waals surface area contributed by atoms with Gasteiger partial charge in [-0.2, -0.15) is 0 Å². The van der Waals surface area contributed by atoms with Gasteiger partial charge in [-0.3, -0.25) is 4.79 Å². The molecule has 0 bridgehead atoms. The van der Waals surface area contributed by atoms with Crippen LogP contribution in [-0.2, 0) is 9.53 Å². The SMILES string of the molecule is COC(=O)c1ccccc1OCC(=O)Nc1cccc(Cl)c1. The third-order valence-corrected chi connectivity index (χ3v) is 2.99. The second-order valence-electron chi connectivity index (χ2n) is 4.33. The van der Waals surface area contributed by atoms with Gasteiger partial charge < -0.3 is 14.8 Å². The van der Waals surface area contributed by atoms with Crippen LogP contribution in [0.3, 0.4) is 0 Å². The highest BCUT2D eigenvalue weighted by atomic mass is 35.5. The van der Waals surface area contributed by atoms with E-state index in [9.17, 15) is 9.59 Å². The van der Waals surface area contributed by atoms with E-state index in [2.05, 4.69) is 10.1 Å². The predicted molar refractivity (Wildman–Crippen MR) is 83.4 cm³/mol. The van der Waals surface area contributed by atoms with Gasteiger partial charge in [-0.15, -0.1) is 0 Å². The molecule has 0 unspecified atom stereocenters. The van der Waals surface area contributed by atoms with Crippen LogP contribution < -0.4 is 10.1 Å². The number of anilines is 1. The lowest BCUT2D eigenvalue weighted by Crippen LogP contribution is -2.21. The molecule has 2 rings (SSSR count). The molecular weight excluding hydrogens is 306 g/mol. The van der Waals surface area contributed by atoms with Crippen molar-refractivity contribution in [2.45, 2.75) is 0 Å². The standard InChI is InChI=1S/C16H14ClNO4/c1-21-16(20)13-7-2-3-8-14(13)22-10-15(19)18-12-6-4-5-11(17)9-12/h2-9H,10H2,1H3,(H,18,19). The second-order valence-corrected chi connectivity index (χ2v) is 4.77. The normalized spacial score (nSPS) is 9.91. The minimum Gasteiger partial charge on any atom is -0.483 e. The third kappa shape index (κ3) is 4.23. The molecule has 1 N–H and O–H groups in total. The fourth-order valence-electron chi connectivity index (χ4n) is 1.78. The fourth-order valence-corrected chi connectivity index (χ4v) is 1.97. The van der Waals surface area contributed by atoms with Gasteiger partial charge in [-0.25, -0.2) is 4.79 Å². The van der Waals surface area contributed by atoms with Crippen LogP contribution in [-0.4, -0.2) is 25.6 Å². The number of halogens is 1. The van der Waals surface area contributed by atoms with Crippen molar-refractivity contribution in [1.82, 2.24) is 0 Å². The van der Waals surface area contributed by atoms with E-state index in [0.717, 1.165) is 0 Å². The Bertz CT molecular complexity index is 687. The zero-order chi connectivity index (χ0) is 15.9. The van der Waals surface area contributed by atoms with Gasteiger partial charge in [0.1, 0.15) is 11.3 Å². The van der Waals surface area contributed by atoms with E-state index in [1.54, 1.807) is 48.5 Å². The van der Waals surface area contributed by atoms with Gasteiger partial charge in [0.2, 0.25) is 0 Å². The maximum Gasteiger partial charge on any atom is 0.341 e. The molecule has 0 aliphatic heterocycles. The van der Waals surface area contributed by atoms with Crippen molar-refractivity contribution in [3.05, 3.63) is 59.1 Å². The summed E-state index contributed by atoms with van der Waals surface area (Å²) in [5, 5.41) is 3.17. The maximum absolute atomic E-state index is 11.9. The summed E-state index contributed by atoms with van der Waals surface area (Å²) in [7, 11) is 1.28. The Hall–Kier alpha value is -2.53. The summed E-state index contributed by atoms with van der Waals surface area (Å²) < 4.78 is 10.0. The van der Waals surface area contributed by atoms with Crippen LogP contribution in [0, 0.1) is 0 Å². The highest BCUT2D eigenvalue weighted by Gasteiger charge is 2.13. The first-order valence-electron chi connectivity index (χ1n) is 6.45. The Labute approximate surface area is 132 Å². The average Bonchev–Trinajstić information content (AvgIpc) is 2.52. The Balaban J connectivity index is 1.98. The molecule has 6 heteroatoms. The summed E-state index contributed by atoms with van der Waals surface area (Å²) in [6.45, 7) is -0.236. The number of para-hydroxylation sites is 1. The average molecular weight is 320 g/mol. The quantitative estimate of drug-likeness (QED) is 0.860. The summed E-state index contributed by atoms with van der Waals surface area (Å²) in [5.74, 6) is -0.594. The van der Waals surface area contributed by atoms with Gasteiger partial charge in [0.05, 0.1) is 7.11 Å². The molecule has 0 radical (unpaired) electrons. The van der Waals surface area contributed by atoms with Crippen molar-refractivity contribution in [1.29, 1.82) is 0 Å². The molecule has 1 amide bonds. The summed E-state index contributed by atoms with van der Waals surface area (Å²) in [5.41, 5.74) is 0.836. The summed E-state index contributed by atoms with van der Waals surface area (Å²) in [4.78, 5) is 23.4. The van der Waals surface area contributed by atoms with Gasteiger partial charge in [0.25, 0.3) is 5.91 Å². The molecule has 22 heavy (non-hydrogen) atoms. The lowest BCUT2D eigenvalue weighted by Gasteiger charge is -2.10. The van der Waals surface area contributed by atoms with Crippen LogP contribution in [0.1, 0.15) is 10.4 Å². The number of methoxy groups -OCH3 is 1. The molecule has 0 aromatic heterocycles. The highest BCUT2D eigenvalue weighted by Crippen LogP contribution is 2.19. The minimum atomic E-state index is -0.522. The Morgan fingerprint density at radius 3 is 2.64 bits per heavy atom. The molecule has 0 spiro atoms. The largest absolute Gasteiger partial charge is 0.483 e. The van der Waals surface area contributed by atoms with Crippen LogP contribution in [0.4, 0.5) is 5.69 Å². The second kappa shape index (κ2) is 7.47. The molecule has 0 aliphatic rings. The molecule has 0 saturated carbocycles. The van der Waals surface area contributed by atoms with E-state index in [4.69, 9.17) is 16.3 Å². The lowest BCUT2D eigenvalue weighted by molar-refractivity contribution is -0.118. The van der Waals surface area contributed by atoms with Crippen LogP contribution in [0.5, 0.6) is 5.75 Å². The summed E-state index contributed by atoms with van der Waals surface area (Å²) in [6, 6.07) is 13.3. The number of hydrogen-bond acceptors (Lipinski definition) is 4. The number of amides is 1. The van der Waals surface area contributed by atoms with E-state index >= 15 is 0 Å². The number of carbonyl (C=O) groups excluding carboxylic acids is 2. The van der Waals surface area contributed by atoms with Crippen molar-refractivity contribution in [3.8, 4) is 5.75 Å². The van der Waals surface area contributed by atoms with Crippen LogP contribution >= 0.6 is 11.6 Å². The van der Waals surface area contributed by atoms with Gasteiger partial charge in [-0.1, -0.05) is 29.8 Å². The van der Waals surface area contributed by atoms with E-state index in [1.807, 2.05) is 0 Å². The molecule has 0 heterocycles. The Kier molecular flexibility index (Phi) is 5.38. The monoisotopic (exact) mass is 319 g/mol. The zero-order valence-corrected chi connectivity index (χ0v) is 12.6. The molecule has 0 fully saturated rings. The van der Waals surface area contributed by atoms with Crippen molar-refractivity contribution < 1.29 is 19.1 Å². The predicted octanol–water partition coefficient (Wildman–Crippen LogP) is 3.14. The van der Waals surface area contributed by atoms with Crippen LogP contribution in [0.15, 0.2) is 48.5 Å². The number of nitrogens with one attached hydrogen (secondary N) is 1. The van der Waals surface area contributed by atoms with Crippen molar-refractivity contribution in [2.24, 2.45) is 0 Å². The maximum atomic E-state index is 11.9. The molecular formula is C16H14ClNO4. The van der Waals surface area contributed by atoms with Crippen LogP contribution in [0.25, 0.3) is 0 Å². The third-order valence-electron chi connectivity index (χ3n) is 2.76. The first kappa shape index (κ1) is 15.9. The molecule has 2 aromatic rings. The Morgan fingerprint density at radius 2 is 1.91 bits per heavy atom. The van der Waals surface area contributed by atoms with E-state index < -0.39 is 5.97 Å². The van der Waals surface area contributed by atoms with Gasteiger partial charge in [0, 0.05) is 10.7 Å². The van der Waals surface area contributed by atoms with Gasteiger partial charge >= 0.3 is 5.97 Å². The number of esters is 1. The number of ether oxygens (including phenoxy) is 2. The van der Waals surface area contributed by atoms with E-state index in [-0.39, 0.29) is 23.8 Å². The number of carbonyl (C=O) groups is 2. The van der Waals surface area contributed by atoms with Crippen molar-refractivity contribution in [3.63, 3.8) is 0 Å². The molecule has 0 aliphatic carbocycles. The van der Waals surface area contributed by atoms with E-state index in [0.29, 0.717) is 10.7 Å². The molecule has 0 saturated heterocycles. The summed E-state index contributed by atoms with van der Waals surface area (Å²) in [6.07, 6.45) is 0. The zero-order valence-electron chi connectivity index (χ0n) is 11.8. The lowest BCUT2D eigenvalue weighted by atomic mass is 10.2. The molecule has 114 valence electrons. The minimum absolute atomic E-state index is 0.236. The summed E-state index contributed by atoms with van der Waals surface area (Å²) >= 11 is 5.84.